The van der Waals surface area contributed by atoms with Gasteiger partial charge >= 0.3 is 6.55 Å². The van der Waals surface area contributed by atoms with Gasteiger partial charge in [0.25, 0.3) is 0 Å². The largest absolute Gasteiger partial charge is 0.333 e. The summed E-state index contributed by atoms with van der Waals surface area (Å²) in [6, 6.07) is 1.68. The maximum Gasteiger partial charge on any atom is 0.333 e. The SMILES string of the molecule is Cc1cc(NC(=O)Cc2c(C)nn(C(F)F)c2C)n[nH]1. The van der Waals surface area contributed by atoms with Gasteiger partial charge in [-0.1, -0.05) is 0 Å². The Morgan fingerprint density at radius 2 is 2.15 bits per heavy atom. The predicted octanol–water partition coefficient (Wildman–Crippen LogP) is 2.11. The Labute approximate surface area is 114 Å². The van der Waals surface area contributed by atoms with E-state index < -0.39 is 6.55 Å². The van der Waals surface area contributed by atoms with Gasteiger partial charge in [-0.15, -0.1) is 0 Å². The lowest BCUT2D eigenvalue weighted by Gasteiger charge is -2.04. The molecule has 2 aromatic heterocycles. The third-order valence-electron chi connectivity index (χ3n) is 2.97. The minimum absolute atomic E-state index is 0.0176. The van der Waals surface area contributed by atoms with Crippen molar-refractivity contribution in [2.45, 2.75) is 33.7 Å². The molecule has 0 radical (unpaired) electrons. The second kappa shape index (κ2) is 5.40. The van der Waals surface area contributed by atoms with Crippen LogP contribution in [0.1, 0.15) is 29.2 Å². The predicted molar refractivity (Wildman–Crippen MR) is 68.6 cm³/mol. The van der Waals surface area contributed by atoms with E-state index in [-0.39, 0.29) is 12.3 Å². The zero-order chi connectivity index (χ0) is 14.9. The lowest BCUT2D eigenvalue weighted by atomic mass is 10.1. The molecule has 108 valence electrons. The van der Waals surface area contributed by atoms with Crippen LogP contribution in [0.5, 0.6) is 0 Å². The molecule has 0 fully saturated rings. The van der Waals surface area contributed by atoms with Crippen molar-refractivity contribution in [3.63, 3.8) is 0 Å². The highest BCUT2D eigenvalue weighted by molar-refractivity contribution is 5.91. The first-order valence-corrected chi connectivity index (χ1v) is 6.03. The molecule has 0 saturated heterocycles. The van der Waals surface area contributed by atoms with Gasteiger partial charge in [0.2, 0.25) is 5.91 Å². The molecule has 20 heavy (non-hydrogen) atoms. The molecule has 0 unspecified atom stereocenters. The van der Waals surface area contributed by atoms with Crippen molar-refractivity contribution < 1.29 is 13.6 Å². The maximum absolute atomic E-state index is 12.7. The Kier molecular flexibility index (Phi) is 3.82. The summed E-state index contributed by atoms with van der Waals surface area (Å²) < 4.78 is 26.0. The first-order chi connectivity index (χ1) is 9.38. The number of rotatable bonds is 4. The molecule has 0 aliphatic heterocycles. The number of aromatic amines is 1. The molecular weight excluding hydrogens is 268 g/mol. The van der Waals surface area contributed by atoms with Crippen LogP contribution >= 0.6 is 0 Å². The molecule has 2 rings (SSSR count). The molecule has 0 atom stereocenters. The van der Waals surface area contributed by atoms with Crippen LogP contribution in [0.4, 0.5) is 14.6 Å². The van der Waals surface area contributed by atoms with Gasteiger partial charge < -0.3 is 5.32 Å². The summed E-state index contributed by atoms with van der Waals surface area (Å²) in [4.78, 5) is 11.9. The maximum atomic E-state index is 12.7. The van der Waals surface area contributed by atoms with E-state index in [2.05, 4.69) is 20.6 Å². The highest BCUT2D eigenvalue weighted by atomic mass is 19.3. The average Bonchev–Trinajstić information content (AvgIpc) is 2.87. The molecule has 0 saturated carbocycles. The number of anilines is 1. The summed E-state index contributed by atoms with van der Waals surface area (Å²) in [5.74, 6) is 0.0839. The average molecular weight is 283 g/mol. The van der Waals surface area contributed by atoms with Crippen molar-refractivity contribution in [2.24, 2.45) is 0 Å². The van der Waals surface area contributed by atoms with Gasteiger partial charge in [0, 0.05) is 23.0 Å². The van der Waals surface area contributed by atoms with Crippen molar-refractivity contribution in [3.05, 3.63) is 28.7 Å². The minimum atomic E-state index is -2.71. The highest BCUT2D eigenvalue weighted by Gasteiger charge is 2.19. The molecule has 8 heteroatoms. The van der Waals surface area contributed by atoms with Crippen molar-refractivity contribution in [1.29, 1.82) is 0 Å². The fraction of sp³-hybridized carbons (Fsp3) is 0.417. The quantitative estimate of drug-likeness (QED) is 0.902. The molecule has 0 aliphatic rings. The number of nitrogens with one attached hydrogen (secondary N) is 2. The summed E-state index contributed by atoms with van der Waals surface area (Å²) in [5, 5.41) is 12.9. The van der Waals surface area contributed by atoms with Gasteiger partial charge in [0.15, 0.2) is 5.82 Å². The molecule has 0 aromatic carbocycles. The molecule has 2 heterocycles. The number of aryl methyl sites for hydroxylation is 2. The van der Waals surface area contributed by atoms with Crippen molar-refractivity contribution >= 4 is 11.7 Å². The lowest BCUT2D eigenvalue weighted by Crippen LogP contribution is -2.15. The van der Waals surface area contributed by atoms with Gasteiger partial charge in [-0.05, 0) is 20.8 Å². The fourth-order valence-electron chi connectivity index (χ4n) is 1.97. The number of H-pyrrole nitrogens is 1. The van der Waals surface area contributed by atoms with E-state index >= 15 is 0 Å². The van der Waals surface area contributed by atoms with E-state index in [0.717, 1.165) is 5.69 Å². The summed E-state index contributed by atoms with van der Waals surface area (Å²) >= 11 is 0. The van der Waals surface area contributed by atoms with Crippen molar-refractivity contribution in [1.82, 2.24) is 20.0 Å². The van der Waals surface area contributed by atoms with Gasteiger partial charge in [-0.25, -0.2) is 4.68 Å². The first kappa shape index (κ1) is 14.2. The smallest absolute Gasteiger partial charge is 0.309 e. The van der Waals surface area contributed by atoms with Crippen molar-refractivity contribution in [2.75, 3.05) is 5.32 Å². The molecule has 1 amide bonds. The number of carbonyl (C=O) groups is 1. The zero-order valence-electron chi connectivity index (χ0n) is 11.4. The number of carbonyl (C=O) groups excluding carboxylic acids is 1. The number of nitrogens with zero attached hydrogens (tertiary/aromatic N) is 3. The number of hydrogen-bond acceptors (Lipinski definition) is 3. The summed E-state index contributed by atoms with van der Waals surface area (Å²) in [6.07, 6.45) is -0.0176. The van der Waals surface area contributed by atoms with Crippen LogP contribution in [-0.4, -0.2) is 25.9 Å². The molecule has 0 bridgehead atoms. The molecule has 6 nitrogen and oxygen atoms in total. The number of hydrogen-bond donors (Lipinski definition) is 2. The van der Waals surface area contributed by atoms with Crippen LogP contribution in [0.15, 0.2) is 6.07 Å². The van der Waals surface area contributed by atoms with E-state index in [1.807, 2.05) is 6.92 Å². The van der Waals surface area contributed by atoms with Crippen LogP contribution in [0.3, 0.4) is 0 Å². The Morgan fingerprint density at radius 1 is 1.45 bits per heavy atom. The Bertz CT molecular complexity index is 632. The monoisotopic (exact) mass is 283 g/mol. The van der Waals surface area contributed by atoms with Crippen molar-refractivity contribution in [3.8, 4) is 0 Å². The minimum Gasteiger partial charge on any atom is -0.309 e. The third kappa shape index (κ3) is 2.84. The summed E-state index contributed by atoms with van der Waals surface area (Å²) in [5.41, 5.74) is 2.05. The number of alkyl halides is 2. The second-order valence-electron chi connectivity index (χ2n) is 4.53. The fourth-order valence-corrected chi connectivity index (χ4v) is 1.97. The molecule has 2 N–H and O–H groups in total. The molecular formula is C12H15F2N5O. The Balaban J connectivity index is 2.12. The van der Waals surface area contributed by atoms with Crippen LogP contribution in [-0.2, 0) is 11.2 Å². The van der Waals surface area contributed by atoms with Crippen LogP contribution in [0.2, 0.25) is 0 Å². The number of amides is 1. The lowest BCUT2D eigenvalue weighted by molar-refractivity contribution is -0.115. The second-order valence-corrected chi connectivity index (χ2v) is 4.53. The number of halogens is 2. The Morgan fingerprint density at radius 3 is 2.65 bits per heavy atom. The van der Waals surface area contributed by atoms with Gasteiger partial charge in [-0.2, -0.15) is 19.0 Å². The first-order valence-electron chi connectivity index (χ1n) is 6.03. The van der Waals surface area contributed by atoms with Crippen LogP contribution in [0, 0.1) is 20.8 Å². The molecule has 0 aliphatic carbocycles. The molecule has 2 aromatic rings. The third-order valence-corrected chi connectivity index (χ3v) is 2.97. The van der Waals surface area contributed by atoms with Crippen LogP contribution in [0.25, 0.3) is 0 Å². The van der Waals surface area contributed by atoms with E-state index in [1.165, 1.54) is 6.92 Å². The summed E-state index contributed by atoms with van der Waals surface area (Å²) in [7, 11) is 0. The Hall–Kier alpha value is -2.25. The van der Waals surface area contributed by atoms with Gasteiger partial charge in [0.1, 0.15) is 0 Å². The standard InChI is InChI=1S/C12H15F2N5O/c1-6-4-10(17-16-6)15-11(20)5-9-7(2)18-19(8(9)3)12(13)14/h4,12H,5H2,1-3H3,(H2,15,16,17,20). The normalized spacial score (nSPS) is 11.1. The number of aromatic nitrogens is 4. The zero-order valence-corrected chi connectivity index (χ0v) is 11.4. The van der Waals surface area contributed by atoms with Gasteiger partial charge in [0.05, 0.1) is 12.1 Å². The highest BCUT2D eigenvalue weighted by Crippen LogP contribution is 2.20. The summed E-state index contributed by atoms with van der Waals surface area (Å²) in [6.45, 7) is 2.23. The van der Waals surface area contributed by atoms with E-state index in [0.29, 0.717) is 27.5 Å². The molecule has 0 spiro atoms. The van der Waals surface area contributed by atoms with Crippen LogP contribution < -0.4 is 5.32 Å². The topological polar surface area (TPSA) is 75.6 Å². The van der Waals surface area contributed by atoms with E-state index in [4.69, 9.17) is 0 Å². The van der Waals surface area contributed by atoms with Gasteiger partial charge in [-0.3, -0.25) is 9.89 Å². The van der Waals surface area contributed by atoms with E-state index in [1.54, 1.807) is 13.0 Å². The van der Waals surface area contributed by atoms with E-state index in [9.17, 15) is 13.6 Å².